The van der Waals surface area contributed by atoms with E-state index in [4.69, 9.17) is 0 Å². The van der Waals surface area contributed by atoms with Gasteiger partial charge in [0.25, 0.3) is 0 Å². The van der Waals surface area contributed by atoms with Crippen molar-refractivity contribution in [2.24, 2.45) is 0 Å². The molecule has 84 valence electrons. The van der Waals surface area contributed by atoms with Crippen molar-refractivity contribution in [2.75, 3.05) is 0 Å². The van der Waals surface area contributed by atoms with Crippen molar-refractivity contribution >= 4 is 21.7 Å². The average molecular weight is 307 g/mol. The Morgan fingerprint density at radius 1 is 0.714 bits per heavy atom. The van der Waals surface area contributed by atoms with E-state index in [1.165, 1.54) is 64.2 Å². The van der Waals surface area contributed by atoms with Crippen molar-refractivity contribution in [1.82, 2.24) is 0 Å². The number of hydrogen-bond donors (Lipinski definition) is 0. The van der Waals surface area contributed by atoms with Crippen LogP contribution in [0.25, 0.3) is 0 Å². The summed E-state index contributed by atoms with van der Waals surface area (Å²) < 4.78 is 12.9. The van der Waals surface area contributed by atoms with Gasteiger partial charge in [0.2, 0.25) is 0 Å². The normalized spacial score (nSPS) is 10.7. The maximum absolute atomic E-state index is 11.9. The maximum atomic E-state index is 11.9. The van der Waals surface area contributed by atoms with Crippen LogP contribution >= 0.6 is 0 Å². The Balaban J connectivity index is 2.78. The third kappa shape index (κ3) is 12.7. The molecule has 0 aliphatic heterocycles. The zero-order valence-electron chi connectivity index (χ0n) is 9.66. The zero-order valence-corrected chi connectivity index (χ0v) is 12.5. The molecule has 0 fully saturated rings. The van der Waals surface area contributed by atoms with Crippen LogP contribution < -0.4 is 0 Å². The van der Waals surface area contributed by atoms with Gasteiger partial charge in [-0.1, -0.05) is 0 Å². The molecule has 0 saturated carbocycles. The van der Waals surface area contributed by atoms with E-state index in [-0.39, 0.29) is 0 Å². The van der Waals surface area contributed by atoms with Crippen molar-refractivity contribution < 1.29 is 2.87 Å². The second-order valence-electron chi connectivity index (χ2n) is 4.07. The van der Waals surface area contributed by atoms with E-state index in [0.717, 1.165) is 4.44 Å². The average Bonchev–Trinajstić information content (AvgIpc) is 2.21. The van der Waals surface area contributed by atoms with Gasteiger partial charge in [0.15, 0.2) is 0 Å². The summed E-state index contributed by atoms with van der Waals surface area (Å²) >= 11 is -1.37. The summed E-state index contributed by atoms with van der Waals surface area (Å²) in [6, 6.07) is 0. The number of hydrogen-bond acceptors (Lipinski definition) is 0. The Morgan fingerprint density at radius 3 is 1.57 bits per heavy atom. The van der Waals surface area contributed by atoms with Crippen LogP contribution in [0.3, 0.4) is 0 Å². The Hall–Kier alpha value is 0.729. The van der Waals surface area contributed by atoms with E-state index in [9.17, 15) is 2.87 Å². The van der Waals surface area contributed by atoms with Crippen LogP contribution in [0, 0.1) is 0 Å². The molecule has 0 unspecified atom stereocenters. The van der Waals surface area contributed by atoms with Crippen LogP contribution in [0.5, 0.6) is 0 Å². The number of rotatable bonds is 11. The van der Waals surface area contributed by atoms with Gasteiger partial charge in [-0.3, -0.25) is 0 Å². The molecule has 0 saturated heterocycles. The van der Waals surface area contributed by atoms with E-state index in [2.05, 4.69) is 6.92 Å². The third-order valence-electron chi connectivity index (χ3n) is 2.62. The minimum atomic E-state index is -1.37. The van der Waals surface area contributed by atoms with Gasteiger partial charge in [-0.25, -0.2) is 0 Å². The molecule has 0 amide bonds. The molecule has 0 atom stereocenters. The zero-order chi connectivity index (χ0) is 10.5. The van der Waals surface area contributed by atoms with E-state index in [1.54, 1.807) is 0 Å². The summed E-state index contributed by atoms with van der Waals surface area (Å²) in [6.07, 6.45) is 13.6. The third-order valence-corrected chi connectivity index (χ3v) is 4.17. The first-order valence-corrected chi connectivity index (χ1v) is 9.35. The van der Waals surface area contributed by atoms with E-state index in [1.807, 2.05) is 0 Å². The molecular weight excluding hydrogens is 282 g/mol. The minimum absolute atomic E-state index is 0.944. The second kappa shape index (κ2) is 13.7. The quantitative estimate of drug-likeness (QED) is 0.376. The van der Waals surface area contributed by atoms with Crippen molar-refractivity contribution in [1.29, 1.82) is 0 Å². The summed E-state index contributed by atoms with van der Waals surface area (Å²) in [4.78, 5) is 0. The van der Waals surface area contributed by atoms with Crippen molar-refractivity contribution in [3.8, 4) is 0 Å². The molecule has 14 heavy (non-hydrogen) atoms. The SMILES string of the molecule is CCCCCCCCCCC[CH2][Sn][F]. The molecule has 0 aromatic heterocycles. The Labute approximate surface area is 100 Å². The van der Waals surface area contributed by atoms with E-state index >= 15 is 0 Å². The molecule has 0 nitrogen and oxygen atoms in total. The van der Waals surface area contributed by atoms with Gasteiger partial charge >= 0.3 is 100 Å². The molecule has 0 aliphatic rings. The van der Waals surface area contributed by atoms with Crippen LogP contribution in [0.2, 0.25) is 4.44 Å². The molecule has 0 rings (SSSR count). The summed E-state index contributed by atoms with van der Waals surface area (Å²) in [5.74, 6) is 0. The van der Waals surface area contributed by atoms with Crippen molar-refractivity contribution in [2.45, 2.75) is 75.6 Å². The van der Waals surface area contributed by atoms with Crippen LogP contribution in [0.4, 0.5) is 2.87 Å². The molecule has 0 heterocycles. The molecule has 0 spiro atoms. The van der Waals surface area contributed by atoms with Crippen molar-refractivity contribution in [3.63, 3.8) is 0 Å². The van der Waals surface area contributed by atoms with Crippen LogP contribution in [-0.2, 0) is 0 Å². The van der Waals surface area contributed by atoms with Gasteiger partial charge in [-0.2, -0.15) is 0 Å². The fourth-order valence-electron chi connectivity index (χ4n) is 1.68. The van der Waals surface area contributed by atoms with Gasteiger partial charge in [-0.05, 0) is 0 Å². The van der Waals surface area contributed by atoms with E-state index in [0.29, 0.717) is 0 Å². The van der Waals surface area contributed by atoms with Gasteiger partial charge in [-0.15, -0.1) is 0 Å². The van der Waals surface area contributed by atoms with Gasteiger partial charge in [0.05, 0.1) is 0 Å². The number of halogens is 1. The predicted octanol–water partition coefficient (Wildman–Crippen LogP) is 4.91. The summed E-state index contributed by atoms with van der Waals surface area (Å²) in [5, 5.41) is 0. The first-order valence-electron chi connectivity index (χ1n) is 6.25. The van der Waals surface area contributed by atoms with E-state index < -0.39 is 21.7 Å². The van der Waals surface area contributed by atoms with Crippen LogP contribution in [0.15, 0.2) is 0 Å². The summed E-state index contributed by atoms with van der Waals surface area (Å²) in [7, 11) is 0. The molecule has 2 radical (unpaired) electrons. The van der Waals surface area contributed by atoms with Gasteiger partial charge < -0.3 is 0 Å². The molecule has 0 bridgehead atoms. The van der Waals surface area contributed by atoms with Gasteiger partial charge in [0, 0.05) is 0 Å². The Kier molecular flexibility index (Phi) is 14.4. The fourth-order valence-corrected chi connectivity index (χ4v) is 2.77. The van der Waals surface area contributed by atoms with Crippen LogP contribution in [0.1, 0.15) is 71.1 Å². The number of unbranched alkanes of at least 4 members (excludes halogenated alkanes) is 9. The second-order valence-corrected chi connectivity index (χ2v) is 6.26. The fraction of sp³-hybridized carbons (Fsp3) is 1.00. The first kappa shape index (κ1) is 14.7. The predicted molar refractivity (Wildman–Crippen MR) is 63.5 cm³/mol. The topological polar surface area (TPSA) is 0 Å². The molecule has 0 aliphatic carbocycles. The molecular formula is C12H25FSn. The Morgan fingerprint density at radius 2 is 1.14 bits per heavy atom. The molecule has 0 aromatic rings. The van der Waals surface area contributed by atoms with Crippen molar-refractivity contribution in [3.05, 3.63) is 0 Å². The monoisotopic (exact) mass is 308 g/mol. The standard InChI is InChI=1S/C12H25.FH.Sn/c1-3-5-7-9-11-12-10-8-6-4-2;;/h1,3-12H2,2H3;1H;/q;;+1/p-1. The molecule has 0 N–H and O–H groups in total. The van der Waals surface area contributed by atoms with Crippen LogP contribution in [-0.4, -0.2) is 21.7 Å². The molecule has 0 aromatic carbocycles. The molecule has 2 heteroatoms. The summed E-state index contributed by atoms with van der Waals surface area (Å²) in [5.41, 5.74) is 0. The van der Waals surface area contributed by atoms with Gasteiger partial charge in [0.1, 0.15) is 0 Å². The Bertz CT molecular complexity index is 84.3. The summed E-state index contributed by atoms with van der Waals surface area (Å²) in [6.45, 7) is 2.26. The first-order chi connectivity index (χ1) is 6.91.